The van der Waals surface area contributed by atoms with Crippen LogP contribution in [-0.4, -0.2) is 34.9 Å². The van der Waals surface area contributed by atoms with Crippen LogP contribution in [0.25, 0.3) is 0 Å². The molecule has 0 spiro atoms. The first-order chi connectivity index (χ1) is 13.2. The van der Waals surface area contributed by atoms with Gasteiger partial charge in [-0.25, -0.2) is 0 Å². The topological polar surface area (TPSA) is 80.7 Å². The zero-order chi connectivity index (χ0) is 20.5. The van der Waals surface area contributed by atoms with Crippen LogP contribution in [0.5, 0.6) is 0 Å². The van der Waals surface area contributed by atoms with Crippen molar-refractivity contribution < 1.29 is 24.2 Å². The predicted octanol–water partition coefficient (Wildman–Crippen LogP) is 3.69. The van der Waals surface area contributed by atoms with Gasteiger partial charge < -0.3 is 9.84 Å². The Balaban J connectivity index is 1.84. The number of carbonyl (C=O) groups is 3. The first kappa shape index (κ1) is 21.0. The lowest BCUT2D eigenvalue weighted by atomic mass is 9.56. The van der Waals surface area contributed by atoms with Crippen molar-refractivity contribution in [1.82, 2.24) is 0 Å². The number of rotatable bonds is 3. The summed E-state index contributed by atoms with van der Waals surface area (Å²) in [6.45, 7) is 5.37. The molecule has 154 valence electrons. The van der Waals surface area contributed by atoms with Crippen molar-refractivity contribution in [3.8, 4) is 0 Å². The summed E-state index contributed by atoms with van der Waals surface area (Å²) in [6, 6.07) is 0. The van der Waals surface area contributed by atoms with Gasteiger partial charge in [0.25, 0.3) is 0 Å². The van der Waals surface area contributed by atoms with Crippen molar-refractivity contribution in [2.75, 3.05) is 6.61 Å². The lowest BCUT2D eigenvalue weighted by Crippen LogP contribution is -2.41. The molecule has 0 aliphatic heterocycles. The molecule has 4 atom stereocenters. The van der Waals surface area contributed by atoms with Gasteiger partial charge in [-0.1, -0.05) is 31.1 Å². The fourth-order valence-electron chi connectivity index (χ4n) is 5.53. The minimum absolute atomic E-state index is 0.0829. The molecule has 5 nitrogen and oxygen atoms in total. The van der Waals surface area contributed by atoms with Gasteiger partial charge in [-0.15, -0.1) is 0 Å². The van der Waals surface area contributed by atoms with E-state index in [1.807, 2.05) is 6.08 Å². The second kappa shape index (κ2) is 7.94. The molecule has 0 bridgehead atoms. The number of carbonyl (C=O) groups excluding carboxylic acids is 3. The molecule has 0 saturated heterocycles. The highest BCUT2D eigenvalue weighted by atomic mass is 16.5. The first-order valence-electron chi connectivity index (χ1n) is 10.5. The van der Waals surface area contributed by atoms with Crippen molar-refractivity contribution in [2.45, 2.75) is 77.7 Å². The normalized spacial score (nSPS) is 35.9. The number of ketones is 2. The third kappa shape index (κ3) is 4.00. The van der Waals surface area contributed by atoms with Gasteiger partial charge in [-0.05, 0) is 62.9 Å². The Morgan fingerprint density at radius 3 is 2.71 bits per heavy atom. The molecule has 0 aromatic rings. The Morgan fingerprint density at radius 1 is 1.25 bits per heavy atom. The largest absolute Gasteiger partial charge is 0.458 e. The van der Waals surface area contributed by atoms with E-state index in [0.29, 0.717) is 37.5 Å². The van der Waals surface area contributed by atoms with E-state index >= 15 is 0 Å². The second-order valence-corrected chi connectivity index (χ2v) is 9.06. The standard InChI is InChI=1S/C23H32O5/c1-15-12-17-6-4-9-23(27,21(26)14-28-16(2)24)10-5-7-19(17)22(3)11-8-18(25)13-20(15)22/h7,13,15,17,27H,4-6,8-12,14H2,1-3H3. The van der Waals surface area contributed by atoms with Gasteiger partial charge in [0.2, 0.25) is 5.78 Å². The number of hydrogen-bond donors (Lipinski definition) is 1. The molecule has 5 heteroatoms. The molecule has 0 aromatic carbocycles. The van der Waals surface area contributed by atoms with Gasteiger partial charge in [0, 0.05) is 18.8 Å². The Kier molecular flexibility index (Phi) is 5.95. The first-order valence-corrected chi connectivity index (χ1v) is 10.5. The quantitative estimate of drug-likeness (QED) is 0.589. The minimum atomic E-state index is -1.44. The summed E-state index contributed by atoms with van der Waals surface area (Å²) in [6.07, 6.45) is 9.57. The average Bonchev–Trinajstić information content (AvgIpc) is 2.71. The highest BCUT2D eigenvalue weighted by Gasteiger charge is 2.46. The predicted molar refractivity (Wildman–Crippen MR) is 105 cm³/mol. The van der Waals surface area contributed by atoms with Crippen molar-refractivity contribution >= 4 is 17.5 Å². The van der Waals surface area contributed by atoms with Crippen LogP contribution in [0.1, 0.15) is 72.1 Å². The summed E-state index contributed by atoms with van der Waals surface area (Å²) in [5.74, 6) is 0.112. The van der Waals surface area contributed by atoms with Crippen molar-refractivity contribution in [3.63, 3.8) is 0 Å². The van der Waals surface area contributed by atoms with Crippen LogP contribution in [0.15, 0.2) is 23.3 Å². The van der Waals surface area contributed by atoms with Gasteiger partial charge in [0.05, 0.1) is 0 Å². The Bertz CT molecular complexity index is 733. The fraction of sp³-hybridized carbons (Fsp3) is 0.696. The summed E-state index contributed by atoms with van der Waals surface area (Å²) in [7, 11) is 0. The minimum Gasteiger partial charge on any atom is -0.458 e. The maximum Gasteiger partial charge on any atom is 0.303 e. The summed E-state index contributed by atoms with van der Waals surface area (Å²) in [5, 5.41) is 11.0. The third-order valence-corrected chi connectivity index (χ3v) is 7.06. The number of aliphatic hydroxyl groups is 1. The molecule has 1 saturated carbocycles. The highest BCUT2D eigenvalue weighted by molar-refractivity contribution is 5.92. The van der Waals surface area contributed by atoms with Crippen LogP contribution in [0.2, 0.25) is 0 Å². The van der Waals surface area contributed by atoms with E-state index in [0.717, 1.165) is 25.7 Å². The van der Waals surface area contributed by atoms with Gasteiger partial charge >= 0.3 is 5.97 Å². The van der Waals surface area contributed by atoms with E-state index in [1.54, 1.807) is 0 Å². The van der Waals surface area contributed by atoms with Gasteiger partial charge in [0.1, 0.15) is 5.60 Å². The fourth-order valence-corrected chi connectivity index (χ4v) is 5.53. The number of ether oxygens (including phenoxy) is 1. The van der Waals surface area contributed by atoms with Gasteiger partial charge in [0.15, 0.2) is 12.4 Å². The summed E-state index contributed by atoms with van der Waals surface area (Å²) >= 11 is 0. The summed E-state index contributed by atoms with van der Waals surface area (Å²) in [4.78, 5) is 35.5. The molecule has 0 aromatic heterocycles. The maximum absolute atomic E-state index is 12.5. The average molecular weight is 389 g/mol. The zero-order valence-electron chi connectivity index (χ0n) is 17.3. The molecule has 0 heterocycles. The van der Waals surface area contributed by atoms with Crippen LogP contribution < -0.4 is 0 Å². The molecular weight excluding hydrogens is 356 g/mol. The molecule has 1 fully saturated rings. The molecule has 3 rings (SSSR count). The van der Waals surface area contributed by atoms with Crippen molar-refractivity contribution in [3.05, 3.63) is 23.3 Å². The SMILES string of the molecule is CC(=O)OCC(=O)C1(O)CCC=C2C(CCC1)CC(C)C1=CC(=O)CCC12C. The number of allylic oxidation sites excluding steroid dienone is 4. The smallest absolute Gasteiger partial charge is 0.303 e. The lowest BCUT2D eigenvalue weighted by Gasteiger charge is -2.48. The molecule has 3 aliphatic carbocycles. The monoisotopic (exact) mass is 388 g/mol. The molecule has 28 heavy (non-hydrogen) atoms. The molecule has 0 radical (unpaired) electrons. The summed E-state index contributed by atoms with van der Waals surface area (Å²) in [5.41, 5.74) is 1.13. The molecule has 1 N–H and O–H groups in total. The molecular formula is C23H32O5. The lowest BCUT2D eigenvalue weighted by molar-refractivity contribution is -0.153. The number of fused-ring (bicyclic) bond motifs is 3. The van der Waals surface area contributed by atoms with Crippen LogP contribution in [-0.2, 0) is 19.1 Å². The Morgan fingerprint density at radius 2 is 2.00 bits per heavy atom. The van der Waals surface area contributed by atoms with Crippen molar-refractivity contribution in [2.24, 2.45) is 17.3 Å². The zero-order valence-corrected chi connectivity index (χ0v) is 17.3. The van der Waals surface area contributed by atoms with E-state index in [-0.39, 0.29) is 17.8 Å². The van der Waals surface area contributed by atoms with E-state index in [9.17, 15) is 19.5 Å². The summed E-state index contributed by atoms with van der Waals surface area (Å²) < 4.78 is 4.83. The number of hydrogen-bond acceptors (Lipinski definition) is 5. The number of Topliss-reactive ketones (excluding diaryl/α,β-unsaturated/α-hetero) is 1. The Labute approximate surface area is 167 Å². The van der Waals surface area contributed by atoms with E-state index in [2.05, 4.69) is 19.9 Å². The van der Waals surface area contributed by atoms with E-state index in [1.165, 1.54) is 18.1 Å². The molecule has 0 amide bonds. The third-order valence-electron chi connectivity index (χ3n) is 7.06. The molecule has 3 aliphatic rings. The number of esters is 1. The molecule has 4 unspecified atom stereocenters. The van der Waals surface area contributed by atoms with Crippen LogP contribution >= 0.6 is 0 Å². The van der Waals surface area contributed by atoms with E-state index in [4.69, 9.17) is 4.74 Å². The van der Waals surface area contributed by atoms with Crippen LogP contribution in [0.4, 0.5) is 0 Å². The van der Waals surface area contributed by atoms with E-state index < -0.39 is 17.4 Å². The van der Waals surface area contributed by atoms with Gasteiger partial charge in [-0.3, -0.25) is 14.4 Å². The Hall–Kier alpha value is -1.75. The van der Waals surface area contributed by atoms with Crippen LogP contribution in [0, 0.1) is 17.3 Å². The maximum atomic E-state index is 12.5. The van der Waals surface area contributed by atoms with Gasteiger partial charge in [-0.2, -0.15) is 0 Å². The second-order valence-electron chi connectivity index (χ2n) is 9.06. The van der Waals surface area contributed by atoms with Crippen LogP contribution in [0.3, 0.4) is 0 Å². The van der Waals surface area contributed by atoms with Crippen molar-refractivity contribution in [1.29, 1.82) is 0 Å². The highest BCUT2D eigenvalue weighted by Crippen LogP contribution is 2.56.